The highest BCUT2D eigenvalue weighted by atomic mass is 16.5. The van der Waals surface area contributed by atoms with Crippen LogP contribution in [-0.4, -0.2) is 6.61 Å². The van der Waals surface area contributed by atoms with Gasteiger partial charge in [0.1, 0.15) is 17.6 Å². The van der Waals surface area contributed by atoms with Crippen molar-refractivity contribution in [3.8, 4) is 17.6 Å². The molecule has 3 nitrogen and oxygen atoms in total. The van der Waals surface area contributed by atoms with E-state index in [0.29, 0.717) is 12.4 Å². The van der Waals surface area contributed by atoms with Gasteiger partial charge in [-0.15, -0.1) is 0 Å². The first-order valence-electron chi connectivity index (χ1n) is 6.17. The fraction of sp³-hybridized carbons (Fsp3) is 0.188. The Labute approximate surface area is 113 Å². The van der Waals surface area contributed by atoms with Crippen LogP contribution < -0.4 is 9.47 Å². The topological polar surface area (TPSA) is 42.2 Å². The van der Waals surface area contributed by atoms with E-state index in [1.165, 1.54) is 0 Å². The molecule has 0 aromatic heterocycles. The maximum atomic E-state index is 9.18. The Bertz CT molecular complexity index is 543. The normalized spacial score (nSPS) is 11.4. The van der Waals surface area contributed by atoms with E-state index < -0.39 is 6.10 Å². The summed E-state index contributed by atoms with van der Waals surface area (Å²) in [6, 6.07) is 18.9. The summed E-state index contributed by atoms with van der Waals surface area (Å²) in [7, 11) is 0. The summed E-state index contributed by atoms with van der Waals surface area (Å²) in [5, 5.41) is 9.18. The summed E-state index contributed by atoms with van der Waals surface area (Å²) in [4.78, 5) is 0. The zero-order chi connectivity index (χ0) is 13.5. The van der Waals surface area contributed by atoms with E-state index in [2.05, 4.69) is 6.07 Å². The molecule has 0 radical (unpaired) electrons. The lowest BCUT2D eigenvalue weighted by Crippen LogP contribution is -2.04. The molecular formula is C16H15NO2. The van der Waals surface area contributed by atoms with Crippen molar-refractivity contribution < 1.29 is 9.47 Å². The number of hydrogen-bond acceptors (Lipinski definition) is 3. The molecule has 96 valence electrons. The van der Waals surface area contributed by atoms with Crippen LogP contribution in [-0.2, 0) is 0 Å². The summed E-state index contributed by atoms with van der Waals surface area (Å²) in [6.45, 7) is 2.57. The molecule has 0 aliphatic carbocycles. The molecule has 0 aliphatic heterocycles. The maximum Gasteiger partial charge on any atom is 0.209 e. The predicted octanol–water partition coefficient (Wildman–Crippen LogP) is 3.73. The van der Waals surface area contributed by atoms with E-state index in [4.69, 9.17) is 9.47 Å². The standard InChI is InChI=1S/C16H15NO2/c1-2-18-14-8-10-15(11-9-14)19-16(12-17)13-6-4-3-5-7-13/h3-11,16H,2H2,1H3/t16-/m0/s1. The van der Waals surface area contributed by atoms with Crippen LogP contribution in [0.5, 0.6) is 11.5 Å². The molecular weight excluding hydrogens is 238 g/mol. The molecule has 0 aliphatic rings. The average Bonchev–Trinajstić information content (AvgIpc) is 2.48. The molecule has 2 rings (SSSR count). The lowest BCUT2D eigenvalue weighted by Gasteiger charge is -2.13. The largest absolute Gasteiger partial charge is 0.494 e. The lowest BCUT2D eigenvalue weighted by atomic mass is 10.1. The molecule has 2 aromatic carbocycles. The van der Waals surface area contributed by atoms with Gasteiger partial charge in [-0.2, -0.15) is 5.26 Å². The number of benzene rings is 2. The van der Waals surface area contributed by atoms with E-state index in [9.17, 15) is 5.26 Å². The third kappa shape index (κ3) is 3.49. The Hall–Kier alpha value is -2.47. The maximum absolute atomic E-state index is 9.18. The molecule has 3 heteroatoms. The second-order valence-corrected chi connectivity index (χ2v) is 3.94. The highest BCUT2D eigenvalue weighted by Crippen LogP contribution is 2.23. The van der Waals surface area contributed by atoms with Crippen molar-refractivity contribution in [2.45, 2.75) is 13.0 Å². The quantitative estimate of drug-likeness (QED) is 0.815. The van der Waals surface area contributed by atoms with Crippen molar-refractivity contribution >= 4 is 0 Å². The second kappa shape index (κ2) is 6.46. The van der Waals surface area contributed by atoms with Crippen LogP contribution in [0.15, 0.2) is 54.6 Å². The fourth-order valence-corrected chi connectivity index (χ4v) is 1.71. The zero-order valence-electron chi connectivity index (χ0n) is 10.7. The molecule has 2 aromatic rings. The molecule has 0 unspecified atom stereocenters. The number of nitrogens with zero attached hydrogens (tertiary/aromatic N) is 1. The van der Waals surface area contributed by atoms with Gasteiger partial charge in [0.05, 0.1) is 6.61 Å². The molecule has 0 amide bonds. The molecule has 0 spiro atoms. The first-order chi connectivity index (χ1) is 9.33. The van der Waals surface area contributed by atoms with Gasteiger partial charge in [-0.25, -0.2) is 0 Å². The smallest absolute Gasteiger partial charge is 0.209 e. The summed E-state index contributed by atoms with van der Waals surface area (Å²) in [5.74, 6) is 1.45. The molecule has 0 fully saturated rings. The number of ether oxygens (including phenoxy) is 2. The van der Waals surface area contributed by atoms with Crippen molar-refractivity contribution in [1.29, 1.82) is 5.26 Å². The van der Waals surface area contributed by atoms with Crippen LogP contribution in [0.4, 0.5) is 0 Å². The predicted molar refractivity (Wildman–Crippen MR) is 73.0 cm³/mol. The van der Waals surface area contributed by atoms with E-state index in [-0.39, 0.29) is 0 Å². The summed E-state index contributed by atoms with van der Waals surface area (Å²) < 4.78 is 11.0. The van der Waals surface area contributed by atoms with E-state index in [1.807, 2.05) is 49.4 Å². The van der Waals surface area contributed by atoms with Crippen LogP contribution in [0.1, 0.15) is 18.6 Å². The average molecular weight is 253 g/mol. The zero-order valence-corrected chi connectivity index (χ0v) is 10.7. The van der Waals surface area contributed by atoms with Crippen molar-refractivity contribution in [3.05, 3.63) is 60.2 Å². The first-order valence-corrected chi connectivity index (χ1v) is 6.17. The van der Waals surface area contributed by atoms with E-state index in [0.717, 1.165) is 11.3 Å². The van der Waals surface area contributed by atoms with Crippen molar-refractivity contribution in [3.63, 3.8) is 0 Å². The molecule has 0 N–H and O–H groups in total. The molecule has 0 bridgehead atoms. The summed E-state index contributed by atoms with van der Waals surface area (Å²) >= 11 is 0. The van der Waals surface area contributed by atoms with E-state index in [1.54, 1.807) is 12.1 Å². The Balaban J connectivity index is 2.09. The Morgan fingerprint density at radius 1 is 1.00 bits per heavy atom. The van der Waals surface area contributed by atoms with Gasteiger partial charge in [-0.1, -0.05) is 30.3 Å². The van der Waals surface area contributed by atoms with Crippen LogP contribution >= 0.6 is 0 Å². The SMILES string of the molecule is CCOc1ccc(O[C@@H](C#N)c2ccccc2)cc1. The summed E-state index contributed by atoms with van der Waals surface area (Å²) in [6.07, 6.45) is -0.598. The third-order valence-electron chi connectivity index (χ3n) is 2.61. The van der Waals surface area contributed by atoms with Crippen LogP contribution in [0.2, 0.25) is 0 Å². The Morgan fingerprint density at radius 3 is 2.21 bits per heavy atom. The van der Waals surface area contributed by atoms with Gasteiger partial charge in [-0.3, -0.25) is 0 Å². The Kier molecular flexibility index (Phi) is 4.41. The monoisotopic (exact) mass is 253 g/mol. The van der Waals surface area contributed by atoms with Gasteiger partial charge in [0.25, 0.3) is 0 Å². The molecule has 19 heavy (non-hydrogen) atoms. The number of rotatable bonds is 5. The van der Waals surface area contributed by atoms with Crippen molar-refractivity contribution in [2.24, 2.45) is 0 Å². The molecule has 0 saturated carbocycles. The minimum Gasteiger partial charge on any atom is -0.494 e. The van der Waals surface area contributed by atoms with E-state index >= 15 is 0 Å². The van der Waals surface area contributed by atoms with Crippen LogP contribution in [0.3, 0.4) is 0 Å². The minimum absolute atomic E-state index is 0.598. The third-order valence-corrected chi connectivity index (χ3v) is 2.61. The van der Waals surface area contributed by atoms with Gasteiger partial charge in [-0.05, 0) is 31.2 Å². The number of hydrogen-bond donors (Lipinski definition) is 0. The van der Waals surface area contributed by atoms with Crippen molar-refractivity contribution in [2.75, 3.05) is 6.61 Å². The van der Waals surface area contributed by atoms with Gasteiger partial charge in [0.15, 0.2) is 0 Å². The van der Waals surface area contributed by atoms with Gasteiger partial charge in [0, 0.05) is 5.56 Å². The van der Waals surface area contributed by atoms with Gasteiger partial charge >= 0.3 is 0 Å². The second-order valence-electron chi connectivity index (χ2n) is 3.94. The fourth-order valence-electron chi connectivity index (χ4n) is 1.71. The lowest BCUT2D eigenvalue weighted by molar-refractivity contribution is 0.261. The van der Waals surface area contributed by atoms with Crippen LogP contribution in [0, 0.1) is 11.3 Å². The first kappa shape index (κ1) is 13.0. The highest BCUT2D eigenvalue weighted by molar-refractivity contribution is 5.33. The molecule has 0 saturated heterocycles. The highest BCUT2D eigenvalue weighted by Gasteiger charge is 2.11. The molecule has 0 heterocycles. The number of nitriles is 1. The minimum atomic E-state index is -0.598. The Morgan fingerprint density at radius 2 is 1.63 bits per heavy atom. The molecule has 1 atom stereocenters. The van der Waals surface area contributed by atoms with Gasteiger partial charge < -0.3 is 9.47 Å². The van der Waals surface area contributed by atoms with Gasteiger partial charge in [0.2, 0.25) is 6.10 Å². The summed E-state index contributed by atoms with van der Waals surface area (Å²) in [5.41, 5.74) is 0.846. The van der Waals surface area contributed by atoms with Crippen LogP contribution in [0.25, 0.3) is 0 Å². The van der Waals surface area contributed by atoms with Crippen molar-refractivity contribution in [1.82, 2.24) is 0 Å².